The molecule has 0 saturated heterocycles. The minimum absolute atomic E-state index is 0.0819. The van der Waals surface area contributed by atoms with Crippen LogP contribution in [0, 0.1) is 17.6 Å². The molecular weight excluding hydrogens is 422 g/mol. The topological polar surface area (TPSA) is 87.7 Å². The van der Waals surface area contributed by atoms with Crippen LogP contribution in [-0.4, -0.2) is 20.9 Å². The highest BCUT2D eigenvalue weighted by molar-refractivity contribution is 7.21. The number of carbonyl (C=O) groups excluding carboxylic acids is 1. The first-order valence-electron chi connectivity index (χ1n) is 9.55. The summed E-state index contributed by atoms with van der Waals surface area (Å²) < 4.78 is 30.6. The van der Waals surface area contributed by atoms with Crippen LogP contribution in [0.4, 0.5) is 8.78 Å². The van der Waals surface area contributed by atoms with Gasteiger partial charge in [-0.25, -0.2) is 18.7 Å². The summed E-state index contributed by atoms with van der Waals surface area (Å²) in [5.74, 6) is -2.54. The van der Waals surface area contributed by atoms with Crippen LogP contribution in [0.25, 0.3) is 32.3 Å². The van der Waals surface area contributed by atoms with Gasteiger partial charge in [0, 0.05) is 24.1 Å². The van der Waals surface area contributed by atoms with Gasteiger partial charge in [-0.1, -0.05) is 32.0 Å². The van der Waals surface area contributed by atoms with Gasteiger partial charge >= 0.3 is 0 Å². The van der Waals surface area contributed by atoms with Crippen molar-refractivity contribution in [2.45, 2.75) is 20.4 Å². The third-order valence-electron chi connectivity index (χ3n) is 4.64. The Morgan fingerprint density at radius 1 is 1.16 bits per heavy atom. The zero-order valence-electron chi connectivity index (χ0n) is 16.7. The summed E-state index contributed by atoms with van der Waals surface area (Å²) in [6.07, 6.45) is 0. The fourth-order valence-corrected chi connectivity index (χ4v) is 3.93. The van der Waals surface area contributed by atoms with E-state index >= 15 is 4.39 Å². The quantitative estimate of drug-likeness (QED) is 0.485. The van der Waals surface area contributed by atoms with E-state index in [0.29, 0.717) is 5.01 Å². The van der Waals surface area contributed by atoms with Gasteiger partial charge < -0.3 is 10.3 Å². The molecule has 0 atom stereocenters. The Morgan fingerprint density at radius 3 is 2.68 bits per heavy atom. The molecule has 0 bridgehead atoms. The van der Waals surface area contributed by atoms with E-state index in [0.717, 1.165) is 16.3 Å². The molecule has 2 heterocycles. The van der Waals surface area contributed by atoms with Crippen LogP contribution in [0.15, 0.2) is 47.3 Å². The number of fused-ring (bicyclic) bond motifs is 1. The molecule has 0 unspecified atom stereocenters. The number of hydrogen-bond acceptors (Lipinski definition) is 5. The van der Waals surface area contributed by atoms with Gasteiger partial charge in [0.25, 0.3) is 5.56 Å². The second-order valence-corrected chi connectivity index (χ2v) is 8.26. The van der Waals surface area contributed by atoms with Crippen LogP contribution in [-0.2, 0) is 11.3 Å². The number of rotatable bonds is 5. The molecule has 2 aromatic carbocycles. The summed E-state index contributed by atoms with van der Waals surface area (Å²) in [7, 11) is 0. The van der Waals surface area contributed by atoms with Gasteiger partial charge in [-0.3, -0.25) is 9.59 Å². The van der Waals surface area contributed by atoms with E-state index in [1.807, 2.05) is 24.3 Å². The molecule has 0 radical (unpaired) electrons. The van der Waals surface area contributed by atoms with Crippen molar-refractivity contribution in [2.75, 3.05) is 0 Å². The number of hydrogen-bond donors (Lipinski definition) is 2. The Bertz CT molecular complexity index is 1310. The van der Waals surface area contributed by atoms with Crippen LogP contribution >= 0.6 is 11.3 Å². The molecule has 0 aliphatic heterocycles. The Hall–Kier alpha value is -3.46. The van der Waals surface area contributed by atoms with Gasteiger partial charge in [0.1, 0.15) is 28.2 Å². The second-order valence-electron chi connectivity index (χ2n) is 7.23. The Morgan fingerprint density at radius 2 is 1.94 bits per heavy atom. The number of carbonyl (C=O) groups is 1. The van der Waals surface area contributed by atoms with Crippen molar-refractivity contribution in [1.82, 2.24) is 20.3 Å². The lowest BCUT2D eigenvalue weighted by molar-refractivity contribution is -0.124. The van der Waals surface area contributed by atoms with Crippen LogP contribution in [0.1, 0.15) is 19.4 Å². The predicted molar refractivity (Wildman–Crippen MR) is 116 cm³/mol. The zero-order valence-corrected chi connectivity index (χ0v) is 17.5. The largest absolute Gasteiger partial charge is 0.352 e. The molecule has 31 heavy (non-hydrogen) atoms. The van der Waals surface area contributed by atoms with E-state index < -0.39 is 22.8 Å². The first-order chi connectivity index (χ1) is 14.8. The van der Waals surface area contributed by atoms with Gasteiger partial charge in [-0.2, -0.15) is 0 Å². The lowest BCUT2D eigenvalue weighted by Gasteiger charge is -2.12. The van der Waals surface area contributed by atoms with Crippen LogP contribution < -0.4 is 10.9 Å². The van der Waals surface area contributed by atoms with Crippen molar-refractivity contribution >= 4 is 27.5 Å². The minimum Gasteiger partial charge on any atom is -0.352 e. The molecule has 0 aliphatic rings. The van der Waals surface area contributed by atoms with Crippen molar-refractivity contribution < 1.29 is 13.6 Å². The summed E-state index contributed by atoms with van der Waals surface area (Å²) in [4.78, 5) is 35.2. The highest BCUT2D eigenvalue weighted by atomic mass is 32.1. The summed E-state index contributed by atoms with van der Waals surface area (Å²) >= 11 is 1.33. The Balaban J connectivity index is 1.76. The monoisotopic (exact) mass is 440 g/mol. The molecule has 4 rings (SSSR count). The molecule has 2 aromatic heterocycles. The predicted octanol–water partition coefficient (Wildman–Crippen LogP) is 4.26. The van der Waals surface area contributed by atoms with Gasteiger partial charge in [0.05, 0.1) is 15.8 Å². The van der Waals surface area contributed by atoms with Gasteiger partial charge in [0.2, 0.25) is 5.91 Å². The number of H-pyrrole nitrogens is 1. The molecule has 0 saturated carbocycles. The number of nitrogens with one attached hydrogen (secondary N) is 2. The van der Waals surface area contributed by atoms with Gasteiger partial charge in [-0.05, 0) is 18.2 Å². The minimum atomic E-state index is -0.895. The Kier molecular flexibility index (Phi) is 5.60. The Labute approximate surface area is 180 Å². The number of amides is 1. The van der Waals surface area contributed by atoms with Crippen molar-refractivity contribution in [1.29, 1.82) is 0 Å². The molecular formula is C22H18F2N4O2S. The molecule has 9 heteroatoms. The second kappa shape index (κ2) is 8.35. The molecule has 2 N–H and O–H groups in total. The number of aromatic nitrogens is 3. The molecule has 0 fully saturated rings. The smallest absolute Gasteiger partial charge is 0.251 e. The lowest BCUT2D eigenvalue weighted by Crippen LogP contribution is -2.27. The van der Waals surface area contributed by atoms with Crippen molar-refractivity contribution in [3.63, 3.8) is 0 Å². The fourth-order valence-electron chi connectivity index (χ4n) is 3.00. The molecule has 158 valence electrons. The normalized spacial score (nSPS) is 11.3. The molecule has 0 spiro atoms. The van der Waals surface area contributed by atoms with Crippen molar-refractivity contribution in [3.8, 4) is 22.1 Å². The average Bonchev–Trinajstić information content (AvgIpc) is 3.17. The zero-order chi connectivity index (χ0) is 22.1. The summed E-state index contributed by atoms with van der Waals surface area (Å²) in [6.45, 7) is 3.31. The number of thiazole rings is 1. The van der Waals surface area contributed by atoms with Crippen LogP contribution in [0.2, 0.25) is 0 Å². The summed E-state index contributed by atoms with van der Waals surface area (Å²) in [5.41, 5.74) is 0.0232. The highest BCUT2D eigenvalue weighted by Gasteiger charge is 2.20. The fraction of sp³-hybridized carbons (Fsp3) is 0.182. The molecule has 1 amide bonds. The molecule has 0 aliphatic carbocycles. The standard InChI is InChI=1S/C22H18F2N4O2S/c1-11(2)21(30)25-10-12-7-8-13(23)18(19(12)24)20-26-15(9-17(29)28-20)22-27-14-5-3-4-6-16(14)31-22/h3-9,11H,10H2,1-2H3,(H,25,30)(H,26,28,29). The average molecular weight is 440 g/mol. The number of halogens is 2. The maximum atomic E-state index is 15.1. The third kappa shape index (κ3) is 4.22. The van der Waals surface area contributed by atoms with E-state index in [1.165, 1.54) is 23.5 Å². The summed E-state index contributed by atoms with van der Waals surface area (Å²) in [6, 6.07) is 11.0. The SMILES string of the molecule is CC(C)C(=O)NCc1ccc(F)c(-c2nc(-c3nc4ccccc4s3)cc(=O)[nH]2)c1F. The van der Waals surface area contributed by atoms with Crippen molar-refractivity contribution in [2.24, 2.45) is 5.92 Å². The molecule has 6 nitrogen and oxygen atoms in total. The van der Waals surface area contributed by atoms with Crippen LogP contribution in [0.5, 0.6) is 0 Å². The van der Waals surface area contributed by atoms with E-state index in [1.54, 1.807) is 13.8 Å². The van der Waals surface area contributed by atoms with E-state index in [-0.39, 0.29) is 35.5 Å². The van der Waals surface area contributed by atoms with E-state index in [9.17, 15) is 14.0 Å². The van der Waals surface area contributed by atoms with Gasteiger partial charge in [0.15, 0.2) is 0 Å². The molecule has 4 aromatic rings. The number of aromatic amines is 1. The van der Waals surface area contributed by atoms with Crippen LogP contribution in [0.3, 0.4) is 0 Å². The maximum Gasteiger partial charge on any atom is 0.251 e. The lowest BCUT2D eigenvalue weighted by atomic mass is 10.1. The highest BCUT2D eigenvalue weighted by Crippen LogP contribution is 2.30. The third-order valence-corrected chi connectivity index (χ3v) is 5.70. The summed E-state index contributed by atoms with van der Waals surface area (Å²) in [5, 5.41) is 3.07. The van der Waals surface area contributed by atoms with Crippen molar-refractivity contribution in [3.05, 3.63) is 70.0 Å². The first-order valence-corrected chi connectivity index (χ1v) is 10.4. The van der Waals surface area contributed by atoms with Gasteiger partial charge in [-0.15, -0.1) is 11.3 Å². The maximum absolute atomic E-state index is 15.1. The first kappa shape index (κ1) is 20.8. The number of para-hydroxylation sites is 1. The van der Waals surface area contributed by atoms with E-state index in [2.05, 4.69) is 20.3 Å². The van der Waals surface area contributed by atoms with E-state index in [4.69, 9.17) is 0 Å². The number of nitrogens with zero attached hydrogens (tertiary/aromatic N) is 2. The number of benzene rings is 2.